The predicted molar refractivity (Wildman–Crippen MR) is 36.8 cm³/mol. The standard InChI is InChI=1S/C6H7O7.K/c7-3(8)1-6(13,5(11)12)2-4(9)10;/h1,13H,2H2,(H,7,8)(H,9,10)(H,11,12);/q-1;+1. The molecule has 0 aromatic rings. The number of aliphatic carboxylic acids is 3. The molecule has 0 aromatic carbocycles. The van der Waals surface area contributed by atoms with Crippen molar-refractivity contribution in [2.24, 2.45) is 0 Å². The molecule has 8 heteroatoms. The molecule has 14 heavy (non-hydrogen) atoms. The summed E-state index contributed by atoms with van der Waals surface area (Å²) in [7, 11) is 0. The fourth-order valence-corrected chi connectivity index (χ4v) is 0.623. The summed E-state index contributed by atoms with van der Waals surface area (Å²) in [6, 6.07) is 0. The van der Waals surface area contributed by atoms with Crippen LogP contribution in [0.2, 0.25) is 0 Å². The Bertz CT molecular complexity index is 233. The minimum absolute atomic E-state index is 0. The molecule has 0 aliphatic rings. The van der Waals surface area contributed by atoms with Gasteiger partial charge in [0.25, 0.3) is 0 Å². The van der Waals surface area contributed by atoms with Gasteiger partial charge in [-0.3, -0.25) is 14.4 Å². The first-order chi connectivity index (χ1) is 5.78. The maximum Gasteiger partial charge on any atom is 1.00 e. The van der Waals surface area contributed by atoms with Crippen LogP contribution < -0.4 is 51.4 Å². The first-order valence-corrected chi connectivity index (χ1v) is 3.04. The number of carbonyl (C=O) groups is 3. The third-order valence-corrected chi connectivity index (χ3v) is 1.15. The average Bonchev–Trinajstić information content (AvgIpc) is 1.82. The molecule has 0 heterocycles. The second kappa shape index (κ2) is 6.38. The maximum atomic E-state index is 10.3. The van der Waals surface area contributed by atoms with Gasteiger partial charge >= 0.3 is 63.3 Å². The molecule has 0 saturated carbocycles. The van der Waals surface area contributed by atoms with Crippen molar-refractivity contribution in [3.8, 4) is 0 Å². The summed E-state index contributed by atoms with van der Waals surface area (Å²) in [5.74, 6) is -5.23. The molecule has 0 radical (unpaired) electrons. The van der Waals surface area contributed by atoms with Gasteiger partial charge in [0.1, 0.15) is 0 Å². The van der Waals surface area contributed by atoms with Crippen LogP contribution in [-0.2, 0) is 14.4 Å². The van der Waals surface area contributed by atoms with E-state index < -0.39 is 29.9 Å². The van der Waals surface area contributed by atoms with Gasteiger partial charge in [-0.1, -0.05) is 0 Å². The second-order valence-corrected chi connectivity index (χ2v) is 2.28. The Balaban J connectivity index is 0. The zero-order valence-corrected chi connectivity index (χ0v) is 10.4. The molecule has 0 amide bonds. The van der Waals surface area contributed by atoms with Crippen LogP contribution in [0.4, 0.5) is 0 Å². The van der Waals surface area contributed by atoms with Crippen LogP contribution in [0.3, 0.4) is 0 Å². The smallest absolute Gasteiger partial charge is 0.503 e. The Morgan fingerprint density at radius 3 is 1.79 bits per heavy atom. The molecule has 0 aromatic heterocycles. The third kappa shape index (κ3) is 5.57. The summed E-state index contributed by atoms with van der Waals surface area (Å²) in [5.41, 5.74) is -2.86. The van der Waals surface area contributed by atoms with E-state index in [1.54, 1.807) is 0 Å². The molecular weight excluding hydrogens is 223 g/mol. The summed E-state index contributed by atoms with van der Waals surface area (Å²) in [6.07, 6.45) is -1.18. The zero-order chi connectivity index (χ0) is 10.6. The molecule has 0 saturated heterocycles. The molecule has 0 rings (SSSR count). The van der Waals surface area contributed by atoms with Crippen LogP contribution in [0.25, 0.3) is 0 Å². The van der Waals surface area contributed by atoms with E-state index in [0.717, 1.165) is 0 Å². The second-order valence-electron chi connectivity index (χ2n) is 2.28. The van der Waals surface area contributed by atoms with Crippen LogP contribution in [-0.4, -0.2) is 43.9 Å². The Labute approximate surface area is 121 Å². The van der Waals surface area contributed by atoms with Gasteiger partial charge in [0.2, 0.25) is 0 Å². The molecule has 0 aliphatic heterocycles. The molecule has 0 aliphatic carbocycles. The molecule has 0 bridgehead atoms. The number of carboxylic acid groups (broad SMARTS) is 3. The van der Waals surface area contributed by atoms with Gasteiger partial charge < -0.3 is 20.4 Å². The van der Waals surface area contributed by atoms with E-state index in [0.29, 0.717) is 0 Å². The molecular formula is C6H7KO7. The van der Waals surface area contributed by atoms with Crippen molar-refractivity contribution in [3.05, 3.63) is 6.42 Å². The summed E-state index contributed by atoms with van der Waals surface area (Å²) in [4.78, 5) is 30.4. The van der Waals surface area contributed by atoms with Crippen LogP contribution in [0, 0.1) is 6.42 Å². The molecule has 0 fully saturated rings. The number of hydrogen-bond acceptors (Lipinski definition) is 4. The summed E-state index contributed by atoms with van der Waals surface area (Å²) in [6.45, 7) is 0. The van der Waals surface area contributed by atoms with Gasteiger partial charge in [-0.2, -0.15) is 0 Å². The monoisotopic (exact) mass is 230 g/mol. The Hall–Kier alpha value is -0.124. The maximum absolute atomic E-state index is 10.3. The summed E-state index contributed by atoms with van der Waals surface area (Å²) < 4.78 is 0. The molecule has 7 nitrogen and oxygen atoms in total. The van der Waals surface area contributed by atoms with Crippen molar-refractivity contribution >= 4 is 17.9 Å². The Morgan fingerprint density at radius 2 is 1.57 bits per heavy atom. The van der Waals surface area contributed by atoms with E-state index in [2.05, 4.69) is 0 Å². The zero-order valence-electron chi connectivity index (χ0n) is 7.30. The fraction of sp³-hybridized carbons (Fsp3) is 0.333. The third-order valence-electron chi connectivity index (χ3n) is 1.15. The Kier molecular flexibility index (Phi) is 7.43. The van der Waals surface area contributed by atoms with E-state index in [9.17, 15) is 14.4 Å². The first kappa shape index (κ1) is 16.3. The van der Waals surface area contributed by atoms with Crippen molar-refractivity contribution in [2.75, 3.05) is 0 Å². The van der Waals surface area contributed by atoms with E-state index in [-0.39, 0.29) is 57.8 Å². The number of carboxylic acids is 3. The quantitative estimate of drug-likeness (QED) is 0.277. The van der Waals surface area contributed by atoms with Gasteiger partial charge in [0, 0.05) is 0 Å². The van der Waals surface area contributed by atoms with E-state index in [1.807, 2.05) is 0 Å². The number of rotatable bonds is 5. The van der Waals surface area contributed by atoms with Gasteiger partial charge in [-0.05, 0) is 0 Å². The minimum atomic E-state index is -2.86. The number of hydrogen-bond donors (Lipinski definition) is 4. The van der Waals surface area contributed by atoms with Gasteiger partial charge in [-0.15, -0.1) is 0 Å². The van der Waals surface area contributed by atoms with Gasteiger partial charge in [0.15, 0.2) is 5.97 Å². The first-order valence-electron chi connectivity index (χ1n) is 3.04. The van der Waals surface area contributed by atoms with Crippen molar-refractivity contribution in [1.82, 2.24) is 0 Å². The number of aliphatic hydroxyl groups is 1. The van der Waals surface area contributed by atoms with Gasteiger partial charge in [-0.25, -0.2) is 6.42 Å². The Morgan fingerprint density at radius 1 is 1.14 bits per heavy atom. The van der Waals surface area contributed by atoms with E-state index in [4.69, 9.17) is 20.4 Å². The molecule has 0 spiro atoms. The largest absolute Gasteiger partial charge is 1.00 e. The summed E-state index contributed by atoms with van der Waals surface area (Å²) >= 11 is 0. The van der Waals surface area contributed by atoms with E-state index in [1.165, 1.54) is 0 Å². The van der Waals surface area contributed by atoms with Crippen molar-refractivity contribution in [1.29, 1.82) is 0 Å². The molecule has 1 atom stereocenters. The summed E-state index contributed by atoms with van der Waals surface area (Å²) in [5, 5.41) is 33.6. The van der Waals surface area contributed by atoms with E-state index >= 15 is 0 Å². The minimum Gasteiger partial charge on any atom is -0.503 e. The normalized spacial score (nSPS) is 13.2. The predicted octanol–water partition coefficient (Wildman–Crippen LogP) is -4.43. The topological polar surface area (TPSA) is 132 Å². The van der Waals surface area contributed by atoms with Crippen molar-refractivity contribution in [2.45, 2.75) is 12.0 Å². The van der Waals surface area contributed by atoms with Crippen LogP contribution >= 0.6 is 0 Å². The molecule has 74 valence electrons. The van der Waals surface area contributed by atoms with Crippen LogP contribution in [0.5, 0.6) is 0 Å². The molecule has 4 N–H and O–H groups in total. The molecule has 1 unspecified atom stereocenters. The SMILES string of the molecule is O=C(O)[CH-]C(O)(CC(=O)O)C(=O)O.[K+]. The van der Waals surface area contributed by atoms with Crippen LogP contribution in [0.1, 0.15) is 6.42 Å². The van der Waals surface area contributed by atoms with Crippen molar-refractivity contribution < 1.29 is 86.2 Å². The average molecular weight is 230 g/mol. The van der Waals surface area contributed by atoms with Crippen molar-refractivity contribution in [3.63, 3.8) is 0 Å². The fourth-order valence-electron chi connectivity index (χ4n) is 0.623. The van der Waals surface area contributed by atoms with Gasteiger partial charge in [0.05, 0.1) is 12.0 Å². The van der Waals surface area contributed by atoms with Crippen LogP contribution in [0.15, 0.2) is 0 Å².